The van der Waals surface area contributed by atoms with E-state index in [1.807, 2.05) is 0 Å². The molecule has 0 rings (SSSR count). The van der Waals surface area contributed by atoms with Gasteiger partial charge in [-0.15, -0.1) is 0 Å². The van der Waals surface area contributed by atoms with Crippen molar-refractivity contribution < 1.29 is 3.07 Å². The molecule has 0 N–H and O–H groups in total. The maximum atomic E-state index is 6.57. The molecule has 0 bridgehead atoms. The Morgan fingerprint density at radius 3 is 1.03 bits per heavy atom. The van der Waals surface area contributed by atoms with E-state index in [1.54, 1.807) is 0 Å². The molecule has 0 atom stereocenters. The fourth-order valence-corrected chi connectivity index (χ4v) is 10.7. The maximum absolute atomic E-state index is 6.57. The Morgan fingerprint density at radius 2 is 0.667 bits per heavy atom. The van der Waals surface area contributed by atoms with E-state index in [0.29, 0.717) is 0 Å². The molecule has 0 aliphatic heterocycles. The van der Waals surface area contributed by atoms with Crippen LogP contribution in [-0.4, -0.2) is 26.8 Å². The van der Waals surface area contributed by atoms with Crippen LogP contribution in [0.2, 0.25) is 8.87 Å². The summed E-state index contributed by atoms with van der Waals surface area (Å²) < 4.78 is 9.57. The first-order valence-electron chi connectivity index (χ1n) is 14.3. The molecule has 0 heterocycles. The van der Waals surface area contributed by atoms with Gasteiger partial charge in [0.2, 0.25) is 0 Å². The SMILES string of the molecule is CCCCCCCCCCCC[O][Sn+]([CH2]CCCCCCC)[CH2]CCCCCCC. The van der Waals surface area contributed by atoms with E-state index in [4.69, 9.17) is 3.07 Å². The molecule has 0 spiro atoms. The Hall–Kier alpha value is 0.759. The Bertz CT molecular complexity index is 278. The van der Waals surface area contributed by atoms with Crippen LogP contribution in [0.5, 0.6) is 0 Å². The minimum absolute atomic E-state index is 1.09. The Kier molecular flexibility index (Phi) is 28.5. The molecule has 1 nitrogen and oxygen atoms in total. The molecular formula is C28H59OSn+. The van der Waals surface area contributed by atoms with Crippen molar-refractivity contribution in [3.8, 4) is 0 Å². The van der Waals surface area contributed by atoms with Crippen LogP contribution in [0.1, 0.15) is 162 Å². The quantitative estimate of drug-likeness (QED) is 0.0798. The molecule has 30 heavy (non-hydrogen) atoms. The third kappa shape index (κ3) is 25.0. The molecular weight excluding hydrogens is 471 g/mol. The summed E-state index contributed by atoms with van der Waals surface area (Å²) in [6, 6.07) is 0. The van der Waals surface area contributed by atoms with E-state index in [-0.39, 0.29) is 0 Å². The van der Waals surface area contributed by atoms with Gasteiger partial charge in [0.05, 0.1) is 0 Å². The van der Waals surface area contributed by atoms with Gasteiger partial charge < -0.3 is 0 Å². The van der Waals surface area contributed by atoms with E-state index in [2.05, 4.69) is 20.8 Å². The topological polar surface area (TPSA) is 9.23 Å². The monoisotopic (exact) mass is 531 g/mol. The first-order valence-corrected chi connectivity index (χ1v) is 19.5. The van der Waals surface area contributed by atoms with E-state index in [9.17, 15) is 0 Å². The second kappa shape index (κ2) is 27.8. The van der Waals surface area contributed by atoms with Gasteiger partial charge in [-0.2, -0.15) is 0 Å². The normalized spacial score (nSPS) is 11.3. The molecule has 0 unspecified atom stereocenters. The second-order valence-corrected chi connectivity index (χ2v) is 16.4. The zero-order valence-corrected chi connectivity index (χ0v) is 24.4. The molecule has 0 saturated carbocycles. The minimum atomic E-state index is -1.55. The van der Waals surface area contributed by atoms with Crippen LogP contribution in [0.3, 0.4) is 0 Å². The van der Waals surface area contributed by atoms with Gasteiger partial charge >= 0.3 is 194 Å². The first-order chi connectivity index (χ1) is 14.8. The summed E-state index contributed by atoms with van der Waals surface area (Å²) in [5, 5.41) is 0. The van der Waals surface area contributed by atoms with Crippen molar-refractivity contribution in [3.63, 3.8) is 0 Å². The van der Waals surface area contributed by atoms with Gasteiger partial charge in [0, 0.05) is 0 Å². The van der Waals surface area contributed by atoms with Gasteiger partial charge in [-0.3, -0.25) is 0 Å². The van der Waals surface area contributed by atoms with Crippen LogP contribution >= 0.6 is 0 Å². The molecule has 2 heteroatoms. The summed E-state index contributed by atoms with van der Waals surface area (Å²) >= 11 is -1.55. The van der Waals surface area contributed by atoms with Crippen molar-refractivity contribution in [2.75, 3.05) is 6.61 Å². The van der Waals surface area contributed by atoms with Crippen LogP contribution in [0.25, 0.3) is 0 Å². The molecule has 180 valence electrons. The van der Waals surface area contributed by atoms with Crippen LogP contribution < -0.4 is 0 Å². The number of unbranched alkanes of at least 4 members (excludes halogenated alkanes) is 19. The Labute approximate surface area is 200 Å². The van der Waals surface area contributed by atoms with E-state index < -0.39 is 20.2 Å². The summed E-state index contributed by atoms with van der Waals surface area (Å²) in [4.78, 5) is 0. The summed E-state index contributed by atoms with van der Waals surface area (Å²) in [6.07, 6.45) is 31.5. The van der Waals surface area contributed by atoms with Gasteiger partial charge in [-0.1, -0.05) is 6.92 Å². The van der Waals surface area contributed by atoms with Crippen molar-refractivity contribution in [1.82, 2.24) is 0 Å². The predicted octanol–water partition coefficient (Wildman–Crippen LogP) is 10.6. The zero-order valence-electron chi connectivity index (χ0n) is 21.6. The van der Waals surface area contributed by atoms with Gasteiger partial charge in [-0.05, 0) is 0 Å². The summed E-state index contributed by atoms with van der Waals surface area (Å²) in [6.45, 7) is 8.02. The third-order valence-corrected chi connectivity index (χ3v) is 13.4. The first kappa shape index (κ1) is 30.8. The fraction of sp³-hybridized carbons (Fsp3) is 1.00. The summed E-state index contributed by atoms with van der Waals surface area (Å²) in [5.74, 6) is 0. The fourth-order valence-electron chi connectivity index (χ4n) is 4.28. The van der Waals surface area contributed by atoms with Gasteiger partial charge in [0.25, 0.3) is 0 Å². The van der Waals surface area contributed by atoms with Gasteiger partial charge in [0.1, 0.15) is 0 Å². The average molecular weight is 530 g/mol. The van der Waals surface area contributed by atoms with Crippen LogP contribution in [-0.2, 0) is 3.07 Å². The molecule has 0 aromatic rings. The Balaban J connectivity index is 3.73. The Morgan fingerprint density at radius 1 is 0.367 bits per heavy atom. The van der Waals surface area contributed by atoms with Gasteiger partial charge in [0.15, 0.2) is 0 Å². The van der Waals surface area contributed by atoms with Crippen molar-refractivity contribution in [3.05, 3.63) is 0 Å². The summed E-state index contributed by atoms with van der Waals surface area (Å²) in [7, 11) is 0. The third-order valence-electron chi connectivity index (χ3n) is 6.42. The number of hydrogen-bond acceptors (Lipinski definition) is 1. The molecule has 0 aliphatic carbocycles. The van der Waals surface area contributed by atoms with Gasteiger partial charge in [-0.25, -0.2) is 0 Å². The van der Waals surface area contributed by atoms with E-state index in [1.165, 1.54) is 150 Å². The molecule has 0 radical (unpaired) electrons. The van der Waals surface area contributed by atoms with Crippen LogP contribution in [0.4, 0.5) is 0 Å². The van der Waals surface area contributed by atoms with Crippen LogP contribution in [0.15, 0.2) is 0 Å². The molecule has 0 aromatic heterocycles. The molecule has 0 aliphatic rings. The van der Waals surface area contributed by atoms with Crippen LogP contribution in [0, 0.1) is 0 Å². The number of hydrogen-bond donors (Lipinski definition) is 0. The van der Waals surface area contributed by atoms with Crippen molar-refractivity contribution in [2.45, 2.75) is 171 Å². The second-order valence-electron chi connectivity index (χ2n) is 9.60. The standard InChI is InChI=1S/C12H25O.2C8H17.Sn/c1-2-3-4-5-6-7-8-9-10-11-12-13;2*1-3-5-7-8-6-4-2;/h2-12H2,1H3;2*1,3-8H2,2H3;/q-1;;;+2. The van der Waals surface area contributed by atoms with E-state index in [0.717, 1.165) is 6.61 Å². The zero-order chi connectivity index (χ0) is 22.0. The molecule has 0 fully saturated rings. The van der Waals surface area contributed by atoms with E-state index >= 15 is 0 Å². The predicted molar refractivity (Wildman–Crippen MR) is 140 cm³/mol. The average Bonchev–Trinajstić information content (AvgIpc) is 2.76. The number of rotatable bonds is 26. The van der Waals surface area contributed by atoms with Crippen molar-refractivity contribution in [2.24, 2.45) is 0 Å². The molecule has 0 saturated heterocycles. The van der Waals surface area contributed by atoms with Crippen molar-refractivity contribution >= 4 is 20.2 Å². The molecule has 0 amide bonds. The summed E-state index contributed by atoms with van der Waals surface area (Å²) in [5.41, 5.74) is 0. The molecule has 0 aromatic carbocycles. The van der Waals surface area contributed by atoms with Crippen molar-refractivity contribution in [1.29, 1.82) is 0 Å².